The molecular formula is C6H13NO4. The summed E-state index contributed by atoms with van der Waals surface area (Å²) >= 11 is 0. The Bertz CT molecular complexity index is 114. The molecule has 5 nitrogen and oxygen atoms in total. The van der Waals surface area contributed by atoms with Gasteiger partial charge < -0.3 is 25.7 Å². The normalized spacial score (nSPS) is 44.7. The average molecular weight is 163 g/mol. The Balaban J connectivity index is 2.53. The SMILES string of the molecule is OC[C@@H]1N[C@H](CO)C(O)[C@H]1O. The van der Waals surface area contributed by atoms with E-state index in [4.69, 9.17) is 10.2 Å². The molecule has 11 heavy (non-hydrogen) atoms. The maximum absolute atomic E-state index is 9.18. The van der Waals surface area contributed by atoms with Gasteiger partial charge in [0, 0.05) is 0 Å². The highest BCUT2D eigenvalue weighted by Crippen LogP contribution is 2.13. The molecule has 0 saturated carbocycles. The van der Waals surface area contributed by atoms with E-state index < -0.39 is 24.3 Å². The monoisotopic (exact) mass is 163 g/mol. The molecule has 0 aromatic rings. The molecule has 5 heteroatoms. The molecule has 1 heterocycles. The van der Waals surface area contributed by atoms with Crippen molar-refractivity contribution in [2.45, 2.75) is 24.3 Å². The van der Waals surface area contributed by atoms with Crippen LogP contribution < -0.4 is 5.32 Å². The Labute approximate surface area is 64.3 Å². The molecule has 0 spiro atoms. The topological polar surface area (TPSA) is 93.0 Å². The fourth-order valence-electron chi connectivity index (χ4n) is 1.27. The van der Waals surface area contributed by atoms with Gasteiger partial charge in [0.25, 0.3) is 0 Å². The first-order valence-electron chi connectivity index (χ1n) is 3.54. The average Bonchev–Trinajstić information content (AvgIpc) is 2.30. The summed E-state index contributed by atoms with van der Waals surface area (Å²) in [5, 5.41) is 38.3. The van der Waals surface area contributed by atoms with Crippen molar-refractivity contribution in [3.05, 3.63) is 0 Å². The van der Waals surface area contributed by atoms with Gasteiger partial charge in [-0.15, -0.1) is 0 Å². The summed E-state index contributed by atoms with van der Waals surface area (Å²) in [4.78, 5) is 0. The van der Waals surface area contributed by atoms with Crippen molar-refractivity contribution in [2.75, 3.05) is 13.2 Å². The Morgan fingerprint density at radius 2 is 1.27 bits per heavy atom. The van der Waals surface area contributed by atoms with Crippen LogP contribution in [0.2, 0.25) is 0 Å². The number of hydrogen-bond acceptors (Lipinski definition) is 5. The summed E-state index contributed by atoms with van der Waals surface area (Å²) in [5.41, 5.74) is 0. The molecule has 1 fully saturated rings. The predicted octanol–water partition coefficient (Wildman–Crippen LogP) is -2.97. The van der Waals surface area contributed by atoms with Crippen molar-refractivity contribution in [3.63, 3.8) is 0 Å². The summed E-state index contributed by atoms with van der Waals surface area (Å²) < 4.78 is 0. The zero-order valence-corrected chi connectivity index (χ0v) is 6.01. The molecule has 0 aromatic heterocycles. The highest BCUT2D eigenvalue weighted by atomic mass is 16.3. The molecule has 1 aliphatic heterocycles. The Hall–Kier alpha value is -0.200. The second kappa shape index (κ2) is 3.46. The first kappa shape index (κ1) is 8.89. The maximum Gasteiger partial charge on any atom is 0.0990 e. The molecule has 66 valence electrons. The number of hydrogen-bond donors (Lipinski definition) is 5. The Kier molecular flexibility index (Phi) is 2.80. The number of nitrogens with one attached hydrogen (secondary N) is 1. The van der Waals surface area contributed by atoms with Crippen LogP contribution in [0.1, 0.15) is 0 Å². The van der Waals surface area contributed by atoms with Crippen molar-refractivity contribution in [1.82, 2.24) is 5.32 Å². The lowest BCUT2D eigenvalue weighted by Crippen LogP contribution is -2.37. The van der Waals surface area contributed by atoms with E-state index in [1.165, 1.54) is 0 Å². The van der Waals surface area contributed by atoms with Gasteiger partial charge in [0.05, 0.1) is 37.5 Å². The van der Waals surface area contributed by atoms with Gasteiger partial charge in [-0.05, 0) is 0 Å². The number of rotatable bonds is 2. The minimum absolute atomic E-state index is 0.241. The standard InChI is InChI=1S/C6H13NO4/c8-1-3-5(10)6(11)4(2-9)7-3/h3-11H,1-2H2/t3-,4+,5-,6?/m0/s1. The molecule has 0 aliphatic carbocycles. The Morgan fingerprint density at radius 1 is 0.909 bits per heavy atom. The first-order chi connectivity index (χ1) is 5.20. The Morgan fingerprint density at radius 3 is 1.45 bits per heavy atom. The van der Waals surface area contributed by atoms with Crippen LogP contribution in [0.5, 0.6) is 0 Å². The van der Waals surface area contributed by atoms with Crippen LogP contribution in [0.15, 0.2) is 0 Å². The van der Waals surface area contributed by atoms with Crippen molar-refractivity contribution >= 4 is 0 Å². The lowest BCUT2D eigenvalue weighted by atomic mass is 10.1. The molecule has 4 atom stereocenters. The molecule has 0 aromatic carbocycles. The molecule has 0 bridgehead atoms. The predicted molar refractivity (Wildman–Crippen MR) is 36.9 cm³/mol. The minimum atomic E-state index is -0.989. The molecule has 1 aliphatic rings. The van der Waals surface area contributed by atoms with Gasteiger partial charge in [0.2, 0.25) is 0 Å². The van der Waals surface area contributed by atoms with Crippen molar-refractivity contribution in [1.29, 1.82) is 0 Å². The van der Waals surface area contributed by atoms with Gasteiger partial charge in [-0.25, -0.2) is 0 Å². The third kappa shape index (κ3) is 1.52. The minimum Gasteiger partial charge on any atom is -0.395 e. The summed E-state index contributed by atoms with van der Waals surface area (Å²) in [6.45, 7) is -0.483. The van der Waals surface area contributed by atoms with Crippen LogP contribution >= 0.6 is 0 Å². The van der Waals surface area contributed by atoms with Gasteiger partial charge in [-0.3, -0.25) is 0 Å². The zero-order chi connectivity index (χ0) is 8.43. The summed E-state index contributed by atoms with van der Waals surface area (Å²) in [7, 11) is 0. The van der Waals surface area contributed by atoms with Crippen molar-refractivity contribution in [2.24, 2.45) is 0 Å². The lowest BCUT2D eigenvalue weighted by molar-refractivity contribution is 0.0130. The third-order valence-electron chi connectivity index (χ3n) is 2.00. The van der Waals surface area contributed by atoms with Gasteiger partial charge in [-0.1, -0.05) is 0 Å². The van der Waals surface area contributed by atoms with E-state index in [-0.39, 0.29) is 13.2 Å². The van der Waals surface area contributed by atoms with Crippen LogP contribution in [-0.2, 0) is 0 Å². The van der Waals surface area contributed by atoms with Gasteiger partial charge in [0.1, 0.15) is 0 Å². The molecule has 1 unspecified atom stereocenters. The zero-order valence-electron chi connectivity index (χ0n) is 6.01. The molecule has 1 rings (SSSR count). The quantitative estimate of drug-likeness (QED) is 0.300. The molecule has 5 N–H and O–H groups in total. The second-order valence-electron chi connectivity index (χ2n) is 2.73. The van der Waals surface area contributed by atoms with E-state index in [0.717, 1.165) is 0 Å². The fourth-order valence-corrected chi connectivity index (χ4v) is 1.27. The summed E-state index contributed by atoms with van der Waals surface area (Å²) in [5.74, 6) is 0. The summed E-state index contributed by atoms with van der Waals surface area (Å²) in [6, 6.07) is -1.05. The lowest BCUT2D eigenvalue weighted by Gasteiger charge is -2.12. The molecule has 0 amide bonds. The highest BCUT2D eigenvalue weighted by molar-refractivity contribution is 4.97. The smallest absolute Gasteiger partial charge is 0.0990 e. The molecular weight excluding hydrogens is 150 g/mol. The van der Waals surface area contributed by atoms with Crippen molar-refractivity contribution < 1.29 is 20.4 Å². The maximum atomic E-state index is 9.18. The second-order valence-corrected chi connectivity index (χ2v) is 2.73. The van der Waals surface area contributed by atoms with Crippen LogP contribution in [0, 0.1) is 0 Å². The van der Waals surface area contributed by atoms with E-state index in [1.807, 2.05) is 0 Å². The van der Waals surface area contributed by atoms with E-state index >= 15 is 0 Å². The van der Waals surface area contributed by atoms with Gasteiger partial charge >= 0.3 is 0 Å². The molecule has 0 radical (unpaired) electrons. The van der Waals surface area contributed by atoms with Crippen LogP contribution in [0.25, 0.3) is 0 Å². The molecule has 1 saturated heterocycles. The van der Waals surface area contributed by atoms with Crippen LogP contribution in [-0.4, -0.2) is 57.9 Å². The first-order valence-corrected chi connectivity index (χ1v) is 3.54. The highest BCUT2D eigenvalue weighted by Gasteiger charge is 2.39. The van der Waals surface area contributed by atoms with Crippen LogP contribution in [0.3, 0.4) is 0 Å². The largest absolute Gasteiger partial charge is 0.395 e. The summed E-state index contributed by atoms with van der Waals surface area (Å²) in [6.07, 6.45) is -1.98. The number of aliphatic hydroxyl groups excluding tert-OH is 4. The third-order valence-corrected chi connectivity index (χ3v) is 2.00. The fraction of sp³-hybridized carbons (Fsp3) is 1.00. The van der Waals surface area contributed by atoms with Gasteiger partial charge in [0.15, 0.2) is 0 Å². The number of aliphatic hydroxyl groups is 4. The van der Waals surface area contributed by atoms with E-state index in [9.17, 15) is 10.2 Å². The van der Waals surface area contributed by atoms with Crippen molar-refractivity contribution in [3.8, 4) is 0 Å². The van der Waals surface area contributed by atoms with Gasteiger partial charge in [-0.2, -0.15) is 0 Å². The van der Waals surface area contributed by atoms with E-state index in [1.54, 1.807) is 0 Å². The van der Waals surface area contributed by atoms with E-state index in [2.05, 4.69) is 5.32 Å². The van der Waals surface area contributed by atoms with Crippen LogP contribution in [0.4, 0.5) is 0 Å². The van der Waals surface area contributed by atoms with E-state index in [0.29, 0.717) is 0 Å².